The molecule has 1 N–H and O–H groups in total. The Balaban J connectivity index is 1.74. The number of halogens is 2. The molecule has 7 heteroatoms. The molecule has 2 aromatic carbocycles. The number of hydrogen-bond acceptors (Lipinski definition) is 3. The van der Waals surface area contributed by atoms with E-state index >= 15 is 0 Å². The van der Waals surface area contributed by atoms with E-state index in [1.807, 2.05) is 0 Å². The van der Waals surface area contributed by atoms with Crippen molar-refractivity contribution < 1.29 is 17.5 Å². The Morgan fingerprint density at radius 2 is 1.65 bits per heavy atom. The van der Waals surface area contributed by atoms with Gasteiger partial charge in [-0.1, -0.05) is 35.9 Å². The summed E-state index contributed by atoms with van der Waals surface area (Å²) in [4.78, 5) is 0. The summed E-state index contributed by atoms with van der Waals surface area (Å²) < 4.78 is 46.5. The molecule has 140 valence electrons. The van der Waals surface area contributed by atoms with Crippen molar-refractivity contribution in [1.82, 2.24) is 4.72 Å². The summed E-state index contributed by atoms with van der Waals surface area (Å²) in [6.07, 6.45) is 1.37. The highest BCUT2D eigenvalue weighted by Gasteiger charge is 2.35. The summed E-state index contributed by atoms with van der Waals surface area (Å²) in [5.74, 6) is -0.417. The number of ether oxygens (including phenoxy) is 1. The van der Waals surface area contributed by atoms with Crippen molar-refractivity contribution in [2.75, 3.05) is 19.8 Å². The van der Waals surface area contributed by atoms with E-state index in [4.69, 9.17) is 16.3 Å². The molecule has 0 bridgehead atoms. The lowest BCUT2D eigenvalue weighted by atomic mass is 9.74. The van der Waals surface area contributed by atoms with E-state index in [1.54, 1.807) is 36.4 Å². The minimum Gasteiger partial charge on any atom is -0.381 e. The first-order valence-corrected chi connectivity index (χ1v) is 10.5. The second kappa shape index (κ2) is 8.05. The zero-order valence-corrected chi connectivity index (χ0v) is 15.8. The van der Waals surface area contributed by atoms with Gasteiger partial charge in [-0.3, -0.25) is 0 Å². The van der Waals surface area contributed by atoms with E-state index in [1.165, 1.54) is 12.1 Å². The summed E-state index contributed by atoms with van der Waals surface area (Å²) in [6, 6.07) is 13.0. The van der Waals surface area contributed by atoms with Crippen LogP contribution in [0.2, 0.25) is 5.02 Å². The molecule has 1 aliphatic rings. The lowest BCUT2D eigenvalue weighted by molar-refractivity contribution is 0.0517. The second-order valence-electron chi connectivity index (χ2n) is 6.61. The smallest absolute Gasteiger partial charge is 0.215 e. The van der Waals surface area contributed by atoms with Gasteiger partial charge in [0.15, 0.2) is 0 Å². The van der Waals surface area contributed by atoms with Gasteiger partial charge >= 0.3 is 0 Å². The van der Waals surface area contributed by atoms with Crippen LogP contribution in [-0.2, 0) is 25.9 Å². The Hall–Kier alpha value is -1.47. The fraction of sp³-hybridized carbons (Fsp3) is 0.368. The van der Waals surface area contributed by atoms with E-state index in [-0.39, 0.29) is 23.5 Å². The van der Waals surface area contributed by atoms with Crippen LogP contribution in [-0.4, -0.2) is 28.2 Å². The molecule has 1 heterocycles. The van der Waals surface area contributed by atoms with E-state index in [0.29, 0.717) is 36.6 Å². The number of benzene rings is 2. The Kier molecular flexibility index (Phi) is 5.97. The van der Waals surface area contributed by atoms with Crippen molar-refractivity contribution >= 4 is 21.6 Å². The van der Waals surface area contributed by atoms with Crippen molar-refractivity contribution in [2.24, 2.45) is 0 Å². The normalized spacial score (nSPS) is 17.2. The average Bonchev–Trinajstić information content (AvgIpc) is 2.63. The third-order valence-corrected chi connectivity index (χ3v) is 6.36. The van der Waals surface area contributed by atoms with Gasteiger partial charge in [-0.15, -0.1) is 0 Å². The first-order valence-electron chi connectivity index (χ1n) is 8.44. The van der Waals surface area contributed by atoms with Gasteiger partial charge in [0.2, 0.25) is 10.0 Å². The standard InChI is InChI=1S/C19H21ClFNO3S/c20-17-5-1-15(2-6-17)13-26(23,24)22-14-19(9-11-25-12-10-19)16-3-7-18(21)8-4-16/h1-8,22H,9-14H2. The molecule has 26 heavy (non-hydrogen) atoms. The van der Waals surface area contributed by atoms with Crippen molar-refractivity contribution in [3.05, 3.63) is 70.5 Å². The zero-order chi connectivity index (χ0) is 18.6. The first-order chi connectivity index (χ1) is 12.4. The minimum absolute atomic E-state index is 0.111. The molecule has 4 nitrogen and oxygen atoms in total. The fourth-order valence-corrected chi connectivity index (χ4v) is 4.59. The molecule has 0 spiro atoms. The van der Waals surface area contributed by atoms with Crippen molar-refractivity contribution in [3.63, 3.8) is 0 Å². The van der Waals surface area contributed by atoms with Crippen molar-refractivity contribution in [3.8, 4) is 0 Å². The van der Waals surface area contributed by atoms with Gasteiger partial charge in [0.05, 0.1) is 5.75 Å². The summed E-state index contributed by atoms with van der Waals surface area (Å²) in [7, 11) is -3.51. The van der Waals surface area contributed by atoms with Gasteiger partial charge in [0.1, 0.15) is 5.82 Å². The van der Waals surface area contributed by atoms with Crippen LogP contribution in [0.25, 0.3) is 0 Å². The third-order valence-electron chi connectivity index (χ3n) is 4.81. The Labute approximate surface area is 158 Å². The molecule has 0 aromatic heterocycles. The van der Waals surface area contributed by atoms with E-state index in [2.05, 4.69) is 4.72 Å². The van der Waals surface area contributed by atoms with Crippen LogP contribution >= 0.6 is 11.6 Å². The molecule has 0 atom stereocenters. The topological polar surface area (TPSA) is 55.4 Å². The molecule has 0 amide bonds. The maximum Gasteiger partial charge on any atom is 0.215 e. The largest absolute Gasteiger partial charge is 0.381 e. The minimum atomic E-state index is -3.51. The second-order valence-corrected chi connectivity index (χ2v) is 8.85. The molecule has 3 rings (SSSR count). The van der Waals surface area contributed by atoms with Gasteiger partial charge in [0.25, 0.3) is 0 Å². The quantitative estimate of drug-likeness (QED) is 0.809. The molecule has 1 saturated heterocycles. The summed E-state index contributed by atoms with van der Waals surface area (Å²) in [5.41, 5.74) is 1.21. The Morgan fingerprint density at radius 1 is 1.04 bits per heavy atom. The van der Waals surface area contributed by atoms with Crippen LogP contribution in [0, 0.1) is 5.82 Å². The molecule has 1 aliphatic heterocycles. The average molecular weight is 398 g/mol. The number of sulfonamides is 1. The molecule has 0 unspecified atom stereocenters. The van der Waals surface area contributed by atoms with Crippen LogP contribution in [0.1, 0.15) is 24.0 Å². The summed E-state index contributed by atoms with van der Waals surface area (Å²) in [6.45, 7) is 1.37. The maximum atomic E-state index is 13.3. The molecule has 2 aromatic rings. The highest BCUT2D eigenvalue weighted by Crippen LogP contribution is 2.34. The van der Waals surface area contributed by atoms with Gasteiger partial charge in [-0.25, -0.2) is 17.5 Å². The molecule has 1 fully saturated rings. The highest BCUT2D eigenvalue weighted by molar-refractivity contribution is 7.88. The lowest BCUT2D eigenvalue weighted by Crippen LogP contribution is -2.44. The number of nitrogens with one attached hydrogen (secondary N) is 1. The lowest BCUT2D eigenvalue weighted by Gasteiger charge is -2.38. The molecular formula is C19H21ClFNO3S. The predicted octanol–water partition coefficient (Wildman–Crippen LogP) is 3.65. The molecule has 0 aliphatic carbocycles. The van der Waals surface area contributed by atoms with Gasteiger partial charge in [0, 0.05) is 30.2 Å². The van der Waals surface area contributed by atoms with Gasteiger partial charge < -0.3 is 4.74 Å². The maximum absolute atomic E-state index is 13.3. The zero-order valence-electron chi connectivity index (χ0n) is 14.3. The van der Waals surface area contributed by atoms with Crippen molar-refractivity contribution in [2.45, 2.75) is 24.0 Å². The molecular weight excluding hydrogens is 377 g/mol. The Bertz CT molecular complexity index is 832. The van der Waals surface area contributed by atoms with Gasteiger partial charge in [-0.2, -0.15) is 0 Å². The van der Waals surface area contributed by atoms with Gasteiger partial charge in [-0.05, 0) is 48.2 Å². The third kappa shape index (κ3) is 4.82. The SMILES string of the molecule is O=S(=O)(Cc1ccc(Cl)cc1)NCC1(c2ccc(F)cc2)CCOCC1. The number of rotatable bonds is 6. The predicted molar refractivity (Wildman–Crippen MR) is 100 cm³/mol. The van der Waals surface area contributed by atoms with Crippen LogP contribution in [0.15, 0.2) is 48.5 Å². The highest BCUT2D eigenvalue weighted by atomic mass is 35.5. The summed E-state index contributed by atoms with van der Waals surface area (Å²) in [5, 5.41) is 0.566. The van der Waals surface area contributed by atoms with Crippen molar-refractivity contribution in [1.29, 1.82) is 0 Å². The van der Waals surface area contributed by atoms with Crippen LogP contribution in [0.5, 0.6) is 0 Å². The Morgan fingerprint density at radius 3 is 2.27 bits per heavy atom. The monoisotopic (exact) mass is 397 g/mol. The van der Waals surface area contributed by atoms with E-state index in [9.17, 15) is 12.8 Å². The van der Waals surface area contributed by atoms with Crippen LogP contribution < -0.4 is 4.72 Å². The van der Waals surface area contributed by atoms with E-state index < -0.39 is 10.0 Å². The van der Waals surface area contributed by atoms with Crippen LogP contribution in [0.4, 0.5) is 4.39 Å². The molecule has 0 saturated carbocycles. The first kappa shape index (κ1) is 19.3. The van der Waals surface area contributed by atoms with E-state index in [0.717, 1.165) is 5.56 Å². The molecule has 0 radical (unpaired) electrons. The number of hydrogen-bond donors (Lipinski definition) is 1. The fourth-order valence-electron chi connectivity index (χ4n) is 3.23. The summed E-state index contributed by atoms with van der Waals surface area (Å²) >= 11 is 5.84. The van der Waals surface area contributed by atoms with Crippen LogP contribution in [0.3, 0.4) is 0 Å².